The lowest BCUT2D eigenvalue weighted by Gasteiger charge is -2.06. The summed E-state index contributed by atoms with van der Waals surface area (Å²) < 4.78 is 10.1. The van der Waals surface area contributed by atoms with Crippen molar-refractivity contribution in [1.29, 1.82) is 0 Å². The number of pyridine rings is 1. The second-order valence-corrected chi connectivity index (χ2v) is 2.61. The quantitative estimate of drug-likeness (QED) is 0.666. The molecule has 0 aromatic carbocycles. The summed E-state index contributed by atoms with van der Waals surface area (Å²) in [5.41, 5.74) is 1.94. The van der Waals surface area contributed by atoms with Gasteiger partial charge in [0.05, 0.1) is 20.5 Å². The van der Waals surface area contributed by atoms with Crippen molar-refractivity contribution in [2.24, 2.45) is 0 Å². The Morgan fingerprint density at radius 2 is 2.23 bits per heavy atom. The first kappa shape index (κ1) is 9.58. The van der Waals surface area contributed by atoms with E-state index in [2.05, 4.69) is 4.98 Å². The summed E-state index contributed by atoms with van der Waals surface area (Å²) in [5, 5.41) is 0. The maximum Gasteiger partial charge on any atom is 0.129 e. The largest absolute Gasteiger partial charge is 0.504 e. The number of hydrogen-bond donors (Lipinski definition) is 0. The summed E-state index contributed by atoms with van der Waals surface area (Å²) in [5.74, 6) is 0.806. The zero-order chi connectivity index (χ0) is 9.68. The number of rotatable bonds is 3. The molecule has 1 heterocycles. The minimum atomic E-state index is 0.806. The van der Waals surface area contributed by atoms with Gasteiger partial charge in [0.25, 0.3) is 0 Å². The third kappa shape index (κ3) is 2.21. The fraction of sp³-hybridized carbons (Fsp3) is 0.300. The third-order valence-electron chi connectivity index (χ3n) is 1.72. The van der Waals surface area contributed by atoms with E-state index in [1.54, 1.807) is 32.9 Å². The topological polar surface area (TPSA) is 31.4 Å². The summed E-state index contributed by atoms with van der Waals surface area (Å²) >= 11 is 0. The van der Waals surface area contributed by atoms with Gasteiger partial charge in [-0.05, 0) is 18.6 Å². The van der Waals surface area contributed by atoms with Crippen molar-refractivity contribution in [3.63, 3.8) is 0 Å². The average Bonchev–Trinajstić information content (AvgIpc) is 2.18. The van der Waals surface area contributed by atoms with Crippen LogP contribution in [-0.2, 0) is 4.74 Å². The Morgan fingerprint density at radius 1 is 1.46 bits per heavy atom. The second-order valence-electron chi connectivity index (χ2n) is 2.61. The first-order valence-corrected chi connectivity index (χ1v) is 3.97. The van der Waals surface area contributed by atoms with E-state index in [-0.39, 0.29) is 0 Å². The fourth-order valence-electron chi connectivity index (χ4n) is 1.10. The number of hydrogen-bond acceptors (Lipinski definition) is 3. The van der Waals surface area contributed by atoms with E-state index in [1.807, 2.05) is 13.0 Å². The van der Waals surface area contributed by atoms with Gasteiger partial charge in [-0.3, -0.25) is 4.98 Å². The minimum Gasteiger partial charge on any atom is -0.504 e. The molecule has 0 aliphatic heterocycles. The molecule has 3 nitrogen and oxygen atoms in total. The van der Waals surface area contributed by atoms with Crippen LogP contribution in [0.4, 0.5) is 0 Å². The van der Waals surface area contributed by atoms with Crippen LogP contribution in [0.25, 0.3) is 5.57 Å². The Hall–Kier alpha value is -1.51. The van der Waals surface area contributed by atoms with Crippen molar-refractivity contribution in [1.82, 2.24) is 4.98 Å². The van der Waals surface area contributed by atoms with E-state index in [0.29, 0.717) is 0 Å². The first-order valence-electron chi connectivity index (χ1n) is 3.97. The smallest absolute Gasteiger partial charge is 0.129 e. The van der Waals surface area contributed by atoms with Crippen molar-refractivity contribution in [3.8, 4) is 5.75 Å². The maximum atomic E-state index is 5.18. The lowest BCUT2D eigenvalue weighted by atomic mass is 10.1. The van der Waals surface area contributed by atoms with E-state index >= 15 is 0 Å². The molecule has 70 valence electrons. The molecular weight excluding hydrogens is 166 g/mol. The standard InChI is InChI=1S/C10H13NO2/c1-8(7-12-2)9-6-11-5-4-10(9)13-3/h4-7H,1-3H3/b8-7+. The van der Waals surface area contributed by atoms with Crippen molar-refractivity contribution in [2.45, 2.75) is 6.92 Å². The fourth-order valence-corrected chi connectivity index (χ4v) is 1.10. The van der Waals surface area contributed by atoms with Gasteiger partial charge in [0.2, 0.25) is 0 Å². The monoisotopic (exact) mass is 179 g/mol. The van der Waals surface area contributed by atoms with Crippen LogP contribution in [0.1, 0.15) is 12.5 Å². The predicted octanol–water partition coefficient (Wildman–Crippen LogP) is 2.10. The van der Waals surface area contributed by atoms with Crippen LogP contribution in [0.3, 0.4) is 0 Å². The summed E-state index contributed by atoms with van der Waals surface area (Å²) in [4.78, 5) is 4.02. The summed E-state index contributed by atoms with van der Waals surface area (Å²) in [7, 11) is 3.26. The molecule has 3 heteroatoms. The first-order chi connectivity index (χ1) is 6.29. The van der Waals surface area contributed by atoms with Crippen molar-refractivity contribution in [3.05, 3.63) is 30.3 Å². The van der Waals surface area contributed by atoms with Crippen LogP contribution in [0, 0.1) is 0 Å². The molecule has 0 saturated heterocycles. The highest BCUT2D eigenvalue weighted by atomic mass is 16.5. The van der Waals surface area contributed by atoms with Crippen molar-refractivity contribution >= 4 is 5.57 Å². The number of nitrogens with zero attached hydrogens (tertiary/aromatic N) is 1. The van der Waals surface area contributed by atoms with Gasteiger partial charge in [0.15, 0.2) is 0 Å². The number of ether oxygens (including phenoxy) is 2. The average molecular weight is 179 g/mol. The van der Waals surface area contributed by atoms with Gasteiger partial charge in [-0.15, -0.1) is 0 Å². The molecule has 0 bridgehead atoms. The number of methoxy groups -OCH3 is 2. The van der Waals surface area contributed by atoms with Gasteiger partial charge in [-0.25, -0.2) is 0 Å². The highest BCUT2D eigenvalue weighted by molar-refractivity contribution is 5.67. The highest BCUT2D eigenvalue weighted by Gasteiger charge is 2.03. The molecule has 0 saturated carbocycles. The zero-order valence-electron chi connectivity index (χ0n) is 8.07. The van der Waals surface area contributed by atoms with E-state index in [9.17, 15) is 0 Å². The molecule has 1 aromatic rings. The van der Waals surface area contributed by atoms with Gasteiger partial charge in [-0.2, -0.15) is 0 Å². The highest BCUT2D eigenvalue weighted by Crippen LogP contribution is 2.23. The van der Waals surface area contributed by atoms with Gasteiger partial charge < -0.3 is 9.47 Å². The van der Waals surface area contributed by atoms with Crippen molar-refractivity contribution in [2.75, 3.05) is 14.2 Å². The van der Waals surface area contributed by atoms with E-state index in [4.69, 9.17) is 9.47 Å². The molecule has 1 rings (SSSR count). The normalized spacial score (nSPS) is 11.2. The molecule has 0 N–H and O–H groups in total. The van der Waals surface area contributed by atoms with Gasteiger partial charge in [0.1, 0.15) is 5.75 Å². The number of aromatic nitrogens is 1. The molecule has 0 fully saturated rings. The molecule has 0 unspecified atom stereocenters. The van der Waals surface area contributed by atoms with Crippen LogP contribution in [0.2, 0.25) is 0 Å². The van der Waals surface area contributed by atoms with Gasteiger partial charge in [0, 0.05) is 18.0 Å². The Bertz CT molecular complexity index is 308. The Balaban J connectivity index is 3.05. The Morgan fingerprint density at radius 3 is 2.85 bits per heavy atom. The molecule has 1 aromatic heterocycles. The van der Waals surface area contributed by atoms with Crippen LogP contribution in [0.5, 0.6) is 5.75 Å². The van der Waals surface area contributed by atoms with Crippen molar-refractivity contribution < 1.29 is 9.47 Å². The molecular formula is C10H13NO2. The molecule has 0 aliphatic carbocycles. The number of allylic oxidation sites excluding steroid dienone is 1. The van der Waals surface area contributed by atoms with Crippen LogP contribution < -0.4 is 4.74 Å². The second kappa shape index (κ2) is 4.50. The minimum absolute atomic E-state index is 0.806. The van der Waals surface area contributed by atoms with Crippen LogP contribution in [-0.4, -0.2) is 19.2 Å². The molecule has 0 atom stereocenters. The lowest BCUT2D eigenvalue weighted by molar-refractivity contribution is 0.339. The van der Waals surface area contributed by atoms with E-state index in [1.165, 1.54) is 0 Å². The van der Waals surface area contributed by atoms with Crippen LogP contribution in [0.15, 0.2) is 24.7 Å². The third-order valence-corrected chi connectivity index (χ3v) is 1.72. The summed E-state index contributed by atoms with van der Waals surface area (Å²) in [6, 6.07) is 1.82. The van der Waals surface area contributed by atoms with E-state index in [0.717, 1.165) is 16.9 Å². The molecule has 13 heavy (non-hydrogen) atoms. The van der Waals surface area contributed by atoms with Gasteiger partial charge >= 0.3 is 0 Å². The lowest BCUT2D eigenvalue weighted by Crippen LogP contribution is -1.90. The molecule has 0 spiro atoms. The van der Waals surface area contributed by atoms with E-state index < -0.39 is 0 Å². The summed E-state index contributed by atoms with van der Waals surface area (Å²) in [6.45, 7) is 1.95. The SMILES string of the molecule is CO/C=C(\C)c1cnccc1OC. The maximum absolute atomic E-state index is 5.18. The Labute approximate surface area is 78.0 Å². The molecule has 0 aliphatic rings. The van der Waals surface area contributed by atoms with Crippen LogP contribution >= 0.6 is 0 Å². The Kier molecular flexibility index (Phi) is 3.31. The summed E-state index contributed by atoms with van der Waals surface area (Å²) in [6.07, 6.45) is 5.12. The van der Waals surface area contributed by atoms with Gasteiger partial charge in [-0.1, -0.05) is 0 Å². The molecule has 0 amide bonds. The predicted molar refractivity (Wildman–Crippen MR) is 51.4 cm³/mol. The molecule has 0 radical (unpaired) electrons. The zero-order valence-corrected chi connectivity index (χ0v) is 8.07.